The third-order valence-corrected chi connectivity index (χ3v) is 8.30. The third-order valence-electron chi connectivity index (χ3n) is 8.30. The zero-order valence-corrected chi connectivity index (χ0v) is 15.5. The molecule has 0 aromatic heterocycles. The largest absolute Gasteiger partial charge is 0.501 e. The zero-order valence-electron chi connectivity index (χ0n) is 15.5. The van der Waals surface area contributed by atoms with Gasteiger partial charge < -0.3 is 4.74 Å². The molecule has 24 heavy (non-hydrogen) atoms. The first-order valence-electron chi connectivity index (χ1n) is 9.77. The molecule has 0 N–H and O–H groups in total. The van der Waals surface area contributed by atoms with Crippen molar-refractivity contribution in [2.24, 2.45) is 40.2 Å². The number of nitroso groups, excluding NO2 is 1. The van der Waals surface area contributed by atoms with E-state index in [-0.39, 0.29) is 11.5 Å². The highest BCUT2D eigenvalue weighted by atomic mass is 16.5. The molecule has 0 heterocycles. The summed E-state index contributed by atoms with van der Waals surface area (Å²) in [5.41, 5.74) is 3.50. The fourth-order valence-corrected chi connectivity index (χ4v) is 7.09. The van der Waals surface area contributed by atoms with Crippen molar-refractivity contribution in [2.75, 3.05) is 7.11 Å². The second kappa shape index (κ2) is 5.71. The van der Waals surface area contributed by atoms with Crippen LogP contribution in [0.5, 0.6) is 0 Å². The van der Waals surface area contributed by atoms with Crippen LogP contribution in [-0.4, -0.2) is 13.2 Å². The molecule has 132 valence electrons. The maximum Gasteiger partial charge on any atom is 0.100 e. The number of nitrogens with zero attached hydrogens (tertiary/aromatic N) is 1. The summed E-state index contributed by atoms with van der Waals surface area (Å²) in [5, 5.41) is 3.63. The molecule has 0 spiro atoms. The highest BCUT2D eigenvalue weighted by Gasteiger charge is 2.61. The van der Waals surface area contributed by atoms with Crippen LogP contribution >= 0.6 is 0 Å². The predicted molar refractivity (Wildman–Crippen MR) is 96.3 cm³/mol. The predicted octanol–water partition coefficient (Wildman–Crippen LogP) is 5.47. The summed E-state index contributed by atoms with van der Waals surface area (Å²) in [5.74, 6) is 4.35. The molecular weight excluding hydrogens is 298 g/mol. The molecule has 4 rings (SSSR count). The Bertz CT molecular complexity index is 607. The van der Waals surface area contributed by atoms with Gasteiger partial charge in [-0.15, -0.1) is 0 Å². The first-order chi connectivity index (χ1) is 11.5. The molecule has 4 aliphatic carbocycles. The SMILES string of the molecule is COC1=CCC2=C(CCC3C2CCC2(C)C(N=O)C(C)C(C)C32)C1. The topological polar surface area (TPSA) is 38.7 Å². The van der Waals surface area contributed by atoms with E-state index in [1.54, 1.807) is 18.3 Å². The Balaban J connectivity index is 1.65. The minimum Gasteiger partial charge on any atom is -0.501 e. The lowest BCUT2D eigenvalue weighted by Gasteiger charge is -2.52. The monoisotopic (exact) mass is 329 g/mol. The van der Waals surface area contributed by atoms with E-state index in [1.807, 2.05) is 0 Å². The summed E-state index contributed by atoms with van der Waals surface area (Å²) in [6.45, 7) is 7.01. The number of hydrogen-bond acceptors (Lipinski definition) is 3. The lowest BCUT2D eigenvalue weighted by molar-refractivity contribution is 0.0155. The number of allylic oxidation sites excluding steroid dienone is 3. The quantitative estimate of drug-likeness (QED) is 0.497. The molecule has 0 radical (unpaired) electrons. The van der Waals surface area contributed by atoms with Gasteiger partial charge in [-0.05, 0) is 73.2 Å². The van der Waals surface area contributed by atoms with Gasteiger partial charge in [0.2, 0.25) is 0 Å². The number of ether oxygens (including phenoxy) is 1. The van der Waals surface area contributed by atoms with E-state index in [9.17, 15) is 4.91 Å². The van der Waals surface area contributed by atoms with Crippen LogP contribution in [0.25, 0.3) is 0 Å². The molecule has 0 bridgehead atoms. The molecule has 0 aromatic carbocycles. The summed E-state index contributed by atoms with van der Waals surface area (Å²) < 4.78 is 5.50. The van der Waals surface area contributed by atoms with Gasteiger partial charge in [0.1, 0.15) is 6.04 Å². The fraction of sp³-hybridized carbons (Fsp3) is 0.810. The molecule has 3 heteroatoms. The van der Waals surface area contributed by atoms with Crippen LogP contribution in [0.1, 0.15) is 59.3 Å². The van der Waals surface area contributed by atoms with Gasteiger partial charge in [0.15, 0.2) is 0 Å². The van der Waals surface area contributed by atoms with Crippen molar-refractivity contribution in [1.29, 1.82) is 0 Å². The van der Waals surface area contributed by atoms with Crippen molar-refractivity contribution in [3.05, 3.63) is 27.9 Å². The molecule has 0 saturated heterocycles. The average molecular weight is 329 g/mol. The van der Waals surface area contributed by atoms with Crippen LogP contribution in [0.2, 0.25) is 0 Å². The van der Waals surface area contributed by atoms with Crippen LogP contribution in [0.4, 0.5) is 0 Å². The Kier molecular flexibility index (Phi) is 3.89. The second-order valence-electron chi connectivity index (χ2n) is 9.03. The Morgan fingerprint density at radius 1 is 1.25 bits per heavy atom. The number of rotatable bonds is 2. The Hall–Kier alpha value is -1.12. The maximum atomic E-state index is 11.6. The molecule has 0 aromatic rings. The average Bonchev–Trinajstić information content (AvgIpc) is 2.79. The minimum atomic E-state index is 0.0140. The zero-order chi connectivity index (χ0) is 17.1. The van der Waals surface area contributed by atoms with Crippen LogP contribution in [-0.2, 0) is 4.74 Å². The molecule has 3 nitrogen and oxygen atoms in total. The number of hydrogen-bond donors (Lipinski definition) is 0. The van der Waals surface area contributed by atoms with Gasteiger partial charge in [-0.25, -0.2) is 0 Å². The first-order valence-corrected chi connectivity index (χ1v) is 9.77. The molecule has 7 atom stereocenters. The highest BCUT2D eigenvalue weighted by molar-refractivity contribution is 5.33. The number of methoxy groups -OCH3 is 1. The fourth-order valence-electron chi connectivity index (χ4n) is 7.09. The summed E-state index contributed by atoms with van der Waals surface area (Å²) in [7, 11) is 1.79. The summed E-state index contributed by atoms with van der Waals surface area (Å²) >= 11 is 0. The molecular formula is C21H31NO2. The first kappa shape index (κ1) is 16.4. The molecule has 0 aliphatic heterocycles. The second-order valence-corrected chi connectivity index (χ2v) is 9.03. The standard InChI is InChI=1S/C21H31NO2/c1-12-13(2)20(22-23)21(3)10-9-17-16-8-6-15(24-4)11-14(16)5-7-18(17)19(12)21/h6,12-13,17-20H,5,7-11H2,1-4H3. The van der Waals surface area contributed by atoms with Gasteiger partial charge in [-0.2, -0.15) is 4.91 Å². The van der Waals surface area contributed by atoms with E-state index in [0.29, 0.717) is 17.8 Å². The van der Waals surface area contributed by atoms with Gasteiger partial charge in [-0.3, -0.25) is 0 Å². The molecule has 4 aliphatic rings. The van der Waals surface area contributed by atoms with Crippen LogP contribution in [0.3, 0.4) is 0 Å². The Labute approximate surface area is 145 Å². The van der Waals surface area contributed by atoms with Crippen molar-refractivity contribution in [1.82, 2.24) is 0 Å². The van der Waals surface area contributed by atoms with Crippen molar-refractivity contribution in [3.8, 4) is 0 Å². The van der Waals surface area contributed by atoms with E-state index in [1.165, 1.54) is 25.7 Å². The Morgan fingerprint density at radius 2 is 2.04 bits per heavy atom. The lowest BCUT2D eigenvalue weighted by Crippen LogP contribution is -2.46. The Morgan fingerprint density at radius 3 is 2.75 bits per heavy atom. The minimum absolute atomic E-state index is 0.0140. The molecule has 2 fully saturated rings. The van der Waals surface area contributed by atoms with E-state index in [2.05, 4.69) is 32.0 Å². The van der Waals surface area contributed by atoms with Gasteiger partial charge in [0.05, 0.1) is 12.9 Å². The molecule has 2 saturated carbocycles. The van der Waals surface area contributed by atoms with Gasteiger partial charge in [0, 0.05) is 6.42 Å². The van der Waals surface area contributed by atoms with Gasteiger partial charge >= 0.3 is 0 Å². The molecule has 7 unspecified atom stereocenters. The summed E-state index contributed by atoms with van der Waals surface area (Å²) in [6.07, 6.45) is 9.35. The van der Waals surface area contributed by atoms with Crippen molar-refractivity contribution < 1.29 is 4.74 Å². The van der Waals surface area contributed by atoms with Crippen LogP contribution in [0, 0.1) is 39.9 Å². The maximum absolute atomic E-state index is 11.6. The van der Waals surface area contributed by atoms with Crippen LogP contribution in [0.15, 0.2) is 28.2 Å². The smallest absolute Gasteiger partial charge is 0.100 e. The summed E-state index contributed by atoms with van der Waals surface area (Å²) in [4.78, 5) is 11.6. The van der Waals surface area contributed by atoms with Crippen molar-refractivity contribution >= 4 is 0 Å². The van der Waals surface area contributed by atoms with Crippen molar-refractivity contribution in [3.63, 3.8) is 0 Å². The van der Waals surface area contributed by atoms with Gasteiger partial charge in [0.25, 0.3) is 0 Å². The summed E-state index contributed by atoms with van der Waals surface area (Å²) in [6, 6.07) is 0.0140. The number of fused-ring (bicyclic) bond motifs is 4. The van der Waals surface area contributed by atoms with Crippen molar-refractivity contribution in [2.45, 2.75) is 65.3 Å². The van der Waals surface area contributed by atoms with Gasteiger partial charge in [-0.1, -0.05) is 37.1 Å². The van der Waals surface area contributed by atoms with E-state index in [4.69, 9.17) is 4.74 Å². The van der Waals surface area contributed by atoms with E-state index >= 15 is 0 Å². The lowest BCUT2D eigenvalue weighted by atomic mass is 9.53. The normalized spacial score (nSPS) is 47.4. The third kappa shape index (κ3) is 2.09. The highest BCUT2D eigenvalue weighted by Crippen LogP contribution is 2.64. The van der Waals surface area contributed by atoms with E-state index in [0.717, 1.165) is 30.4 Å². The van der Waals surface area contributed by atoms with Crippen LogP contribution < -0.4 is 0 Å². The molecule has 0 amide bonds. The van der Waals surface area contributed by atoms with E-state index < -0.39 is 0 Å².